The first-order valence-electron chi connectivity index (χ1n) is 10.3. The molecule has 0 spiro atoms. The maximum atomic E-state index is 13.9. The number of aromatic nitrogens is 1. The fourth-order valence-electron chi connectivity index (χ4n) is 3.85. The summed E-state index contributed by atoms with van der Waals surface area (Å²) < 4.78 is 40.6. The van der Waals surface area contributed by atoms with E-state index in [1.807, 2.05) is 18.2 Å². The van der Waals surface area contributed by atoms with Gasteiger partial charge >= 0.3 is 16.2 Å². The maximum Gasteiger partial charge on any atom is 0.330 e. The Labute approximate surface area is 206 Å². The van der Waals surface area contributed by atoms with Crippen LogP contribution in [-0.2, 0) is 21.4 Å². The number of carboxylic acid groups (broad SMARTS) is 1. The summed E-state index contributed by atoms with van der Waals surface area (Å²) in [7, 11) is -2.78. The summed E-state index contributed by atoms with van der Waals surface area (Å²) in [5.41, 5.74) is 0.168. The summed E-state index contributed by atoms with van der Waals surface area (Å²) in [6, 6.07) is 7.34. The van der Waals surface area contributed by atoms with E-state index in [9.17, 15) is 18.3 Å². The van der Waals surface area contributed by atoms with Crippen molar-refractivity contribution >= 4 is 49.7 Å². The summed E-state index contributed by atoms with van der Waals surface area (Å²) in [6.07, 6.45) is 3.27. The molecule has 0 saturated heterocycles. The highest BCUT2D eigenvalue weighted by Crippen LogP contribution is 2.47. The van der Waals surface area contributed by atoms with Gasteiger partial charge in [-0.25, -0.2) is 18.4 Å². The van der Waals surface area contributed by atoms with E-state index < -0.39 is 21.7 Å². The normalized spacial score (nSPS) is 15.4. The molecule has 3 aromatic rings. The van der Waals surface area contributed by atoms with Crippen LogP contribution >= 0.6 is 23.6 Å². The highest BCUT2D eigenvalue weighted by Gasteiger charge is 2.51. The minimum Gasteiger partial charge on any atom is -0.496 e. The minimum atomic E-state index is -4.33. The molecule has 0 bridgehead atoms. The monoisotopic (exact) mass is 521 g/mol. The van der Waals surface area contributed by atoms with E-state index >= 15 is 0 Å². The Hall–Kier alpha value is -2.96. The number of aliphatic carboxylic acids is 1. The number of methoxy groups -OCH3 is 1. The lowest BCUT2D eigenvalue weighted by Crippen LogP contribution is -2.61. The Kier molecular flexibility index (Phi) is 6.17. The third kappa shape index (κ3) is 3.75. The average molecular weight is 522 g/mol. The lowest BCUT2D eigenvalue weighted by molar-refractivity contribution is -0.144. The molecule has 1 aromatic carbocycles. The molecule has 0 aliphatic carbocycles. The number of ether oxygens (including phenoxy) is 1. The smallest absolute Gasteiger partial charge is 0.330 e. The number of fused-ring (bicyclic) bond motifs is 1. The second-order valence-electron chi connectivity index (χ2n) is 8.15. The fourth-order valence-corrected chi connectivity index (χ4v) is 8.03. The van der Waals surface area contributed by atoms with Crippen LogP contribution in [0.4, 0.5) is 5.00 Å². The van der Waals surface area contributed by atoms with Crippen LogP contribution in [0.25, 0.3) is 10.8 Å². The highest BCUT2D eigenvalue weighted by molar-refractivity contribution is 7.93. The molecule has 0 unspecified atom stereocenters. The zero-order valence-electron chi connectivity index (χ0n) is 18.9. The van der Waals surface area contributed by atoms with E-state index in [1.165, 1.54) is 41.9 Å². The molecule has 9 nitrogen and oxygen atoms in total. The van der Waals surface area contributed by atoms with Gasteiger partial charge in [-0.3, -0.25) is 0 Å². The number of para-hydroxylation sites is 1. The van der Waals surface area contributed by atoms with E-state index in [4.69, 9.17) is 21.4 Å². The van der Waals surface area contributed by atoms with E-state index in [2.05, 4.69) is 4.98 Å². The number of thiophene rings is 1. The zero-order valence-corrected chi connectivity index (χ0v) is 21.4. The first-order valence-corrected chi connectivity index (χ1v) is 12.9. The number of oxazole rings is 1. The molecule has 0 saturated carbocycles. The first kappa shape index (κ1) is 24.2. The lowest BCUT2D eigenvalue weighted by Gasteiger charge is -2.43. The van der Waals surface area contributed by atoms with Crippen molar-refractivity contribution in [2.75, 3.05) is 18.0 Å². The fraction of sp³-hybridized carbons (Fsp3) is 0.318. The van der Waals surface area contributed by atoms with Crippen LogP contribution in [0, 0.1) is 6.92 Å². The van der Waals surface area contributed by atoms with Gasteiger partial charge in [0.2, 0.25) is 5.89 Å². The Balaban J connectivity index is 1.88. The van der Waals surface area contributed by atoms with Gasteiger partial charge in [-0.05, 0) is 44.4 Å². The maximum absolute atomic E-state index is 13.9. The van der Waals surface area contributed by atoms with Gasteiger partial charge in [0.1, 0.15) is 27.5 Å². The van der Waals surface area contributed by atoms with Crippen LogP contribution in [0.5, 0.6) is 5.75 Å². The van der Waals surface area contributed by atoms with E-state index in [-0.39, 0.29) is 11.5 Å². The lowest BCUT2D eigenvalue weighted by atomic mass is 10.0. The number of hydrogen-bond acceptors (Lipinski definition) is 8. The van der Waals surface area contributed by atoms with Gasteiger partial charge in [0.25, 0.3) is 0 Å². The largest absolute Gasteiger partial charge is 0.496 e. The van der Waals surface area contributed by atoms with Crippen molar-refractivity contribution in [2.24, 2.45) is 0 Å². The van der Waals surface area contributed by atoms with Crippen LogP contribution in [0.2, 0.25) is 0 Å². The van der Waals surface area contributed by atoms with E-state index in [0.29, 0.717) is 39.1 Å². The third-order valence-electron chi connectivity index (χ3n) is 5.70. The van der Waals surface area contributed by atoms with Crippen LogP contribution in [0.15, 0.2) is 41.1 Å². The molecular weight excluding hydrogens is 498 g/mol. The van der Waals surface area contributed by atoms with Crippen LogP contribution < -0.4 is 9.04 Å². The summed E-state index contributed by atoms with van der Waals surface area (Å²) in [6.45, 7) is 4.48. The second kappa shape index (κ2) is 8.67. The molecule has 34 heavy (non-hydrogen) atoms. The highest BCUT2D eigenvalue weighted by atomic mass is 32.2. The standard InChI is InChI=1S/C22H23N3O6S3/c1-13-16-19(32)25(22(2,3)21(26)27)34(28,29)24(11-9-14-7-5-6-8-15(14)30-4)20(16)33-17(13)18-23-10-12-31-18/h5-8,10,12H,9,11H2,1-4H3,(H,26,27). The predicted octanol–water partition coefficient (Wildman–Crippen LogP) is 3.87. The molecular formula is C22H23N3O6S3. The van der Waals surface area contributed by atoms with Gasteiger partial charge in [-0.15, -0.1) is 11.3 Å². The summed E-state index contributed by atoms with van der Waals surface area (Å²) in [5, 5.41) is 10.3. The van der Waals surface area contributed by atoms with Gasteiger partial charge in [-0.2, -0.15) is 8.42 Å². The molecule has 1 aliphatic heterocycles. The summed E-state index contributed by atoms with van der Waals surface area (Å²) in [5.74, 6) is -0.337. The zero-order chi connectivity index (χ0) is 24.8. The Bertz CT molecular complexity index is 1360. The summed E-state index contributed by atoms with van der Waals surface area (Å²) in [4.78, 5) is 16.8. The van der Waals surface area contributed by atoms with Gasteiger partial charge in [0.05, 0.1) is 18.2 Å². The Morgan fingerprint density at radius 2 is 2.03 bits per heavy atom. The number of carboxylic acids is 1. The number of hydrogen-bond donors (Lipinski definition) is 1. The molecule has 0 fully saturated rings. The van der Waals surface area contributed by atoms with Gasteiger partial charge < -0.3 is 14.3 Å². The topological polar surface area (TPSA) is 113 Å². The van der Waals surface area contributed by atoms with Gasteiger partial charge in [0.15, 0.2) is 0 Å². The molecule has 2 aromatic heterocycles. The quantitative estimate of drug-likeness (QED) is 0.466. The molecule has 4 rings (SSSR count). The van der Waals surface area contributed by atoms with Crippen molar-refractivity contribution < 1.29 is 27.5 Å². The number of rotatable bonds is 7. The Morgan fingerprint density at radius 3 is 2.65 bits per heavy atom. The predicted molar refractivity (Wildman–Crippen MR) is 133 cm³/mol. The number of thiocarbonyl (C=S) groups is 1. The number of benzene rings is 1. The molecule has 1 aliphatic rings. The van der Waals surface area contributed by atoms with Crippen molar-refractivity contribution in [3.63, 3.8) is 0 Å². The first-order chi connectivity index (χ1) is 16.0. The van der Waals surface area contributed by atoms with Crippen molar-refractivity contribution in [1.82, 2.24) is 9.29 Å². The van der Waals surface area contributed by atoms with E-state index in [1.54, 1.807) is 20.1 Å². The third-order valence-corrected chi connectivity index (χ3v) is 9.64. The molecule has 0 atom stereocenters. The van der Waals surface area contributed by atoms with Crippen LogP contribution in [0.1, 0.15) is 30.5 Å². The van der Waals surface area contributed by atoms with Crippen molar-refractivity contribution in [2.45, 2.75) is 32.7 Å². The number of nitrogens with zero attached hydrogens (tertiary/aromatic N) is 3. The summed E-state index contributed by atoms with van der Waals surface area (Å²) >= 11 is 6.79. The average Bonchev–Trinajstić information content (AvgIpc) is 3.41. The van der Waals surface area contributed by atoms with Gasteiger partial charge in [-0.1, -0.05) is 30.4 Å². The molecule has 0 amide bonds. The molecule has 1 N–H and O–H groups in total. The van der Waals surface area contributed by atoms with E-state index in [0.717, 1.165) is 9.87 Å². The van der Waals surface area contributed by atoms with Crippen LogP contribution in [0.3, 0.4) is 0 Å². The van der Waals surface area contributed by atoms with Crippen molar-refractivity contribution in [3.8, 4) is 16.5 Å². The molecule has 12 heteroatoms. The SMILES string of the molecule is COc1ccccc1CCN1c2sc(-c3ncco3)c(C)c2C(=S)N(C(C)(C)C(=O)O)S1(=O)=O. The van der Waals surface area contributed by atoms with Gasteiger partial charge in [0, 0.05) is 12.1 Å². The number of carbonyl (C=O) groups is 1. The second-order valence-corrected chi connectivity index (χ2v) is 11.2. The molecule has 180 valence electrons. The minimum absolute atomic E-state index is 0.0511. The molecule has 0 radical (unpaired) electrons. The van der Waals surface area contributed by atoms with Crippen molar-refractivity contribution in [1.29, 1.82) is 0 Å². The van der Waals surface area contributed by atoms with Crippen molar-refractivity contribution in [3.05, 3.63) is 53.4 Å². The molecule has 3 heterocycles. The number of anilines is 1. The Morgan fingerprint density at radius 1 is 1.32 bits per heavy atom. The van der Waals surface area contributed by atoms with Crippen LogP contribution in [-0.4, -0.2) is 53.0 Å².